The van der Waals surface area contributed by atoms with Crippen molar-refractivity contribution in [2.45, 2.75) is 12.6 Å². The van der Waals surface area contributed by atoms with Gasteiger partial charge in [-0.3, -0.25) is 4.79 Å². The summed E-state index contributed by atoms with van der Waals surface area (Å²) in [4.78, 5) is 13.6. The van der Waals surface area contributed by atoms with Crippen LogP contribution in [0, 0.1) is 0 Å². The molecule has 1 aromatic heterocycles. The van der Waals surface area contributed by atoms with Crippen molar-refractivity contribution < 1.29 is 23.1 Å². The zero-order valence-corrected chi connectivity index (χ0v) is 7.17. The minimum atomic E-state index is -4.50. The summed E-state index contributed by atoms with van der Waals surface area (Å²) in [6.45, 7) is 0. The second kappa shape index (κ2) is 3.32. The minimum absolute atomic E-state index is 0.121. The summed E-state index contributed by atoms with van der Waals surface area (Å²) in [5.74, 6) is -1.34. The van der Waals surface area contributed by atoms with Gasteiger partial charge in [0.2, 0.25) is 0 Å². The van der Waals surface area contributed by atoms with Gasteiger partial charge in [-0.25, -0.2) is 4.98 Å². The van der Waals surface area contributed by atoms with Gasteiger partial charge in [0, 0.05) is 7.05 Å². The van der Waals surface area contributed by atoms with Crippen LogP contribution in [0.15, 0.2) is 6.20 Å². The van der Waals surface area contributed by atoms with Crippen LogP contribution in [-0.2, 0) is 24.4 Å². The van der Waals surface area contributed by atoms with E-state index >= 15 is 0 Å². The highest BCUT2D eigenvalue weighted by molar-refractivity contribution is 5.69. The second-order valence-corrected chi connectivity index (χ2v) is 2.69. The molecule has 0 saturated carbocycles. The molecule has 7 heteroatoms. The van der Waals surface area contributed by atoms with Crippen LogP contribution in [0.25, 0.3) is 0 Å². The summed E-state index contributed by atoms with van der Waals surface area (Å²) in [5.41, 5.74) is -0.950. The molecule has 0 aliphatic heterocycles. The zero-order valence-electron chi connectivity index (χ0n) is 7.17. The van der Waals surface area contributed by atoms with Crippen molar-refractivity contribution >= 4 is 5.97 Å². The first-order valence-corrected chi connectivity index (χ1v) is 3.62. The monoisotopic (exact) mass is 208 g/mol. The van der Waals surface area contributed by atoms with Gasteiger partial charge in [0.05, 0.1) is 6.20 Å². The summed E-state index contributed by atoms with van der Waals surface area (Å²) in [6.07, 6.45) is -4.40. The van der Waals surface area contributed by atoms with E-state index in [1.165, 1.54) is 0 Å². The molecular formula is C7H7F3N2O2. The fourth-order valence-electron chi connectivity index (χ4n) is 1.01. The smallest absolute Gasteiger partial charge is 0.432 e. The van der Waals surface area contributed by atoms with Crippen LogP contribution in [0.4, 0.5) is 13.2 Å². The van der Waals surface area contributed by atoms with Crippen molar-refractivity contribution in [1.82, 2.24) is 9.55 Å². The molecule has 0 atom stereocenters. The van der Waals surface area contributed by atoms with E-state index in [0.717, 1.165) is 11.6 Å². The Balaban J connectivity index is 3.03. The molecule has 4 nitrogen and oxygen atoms in total. The number of carbonyl (C=O) groups is 1. The Morgan fingerprint density at radius 2 is 2.21 bits per heavy atom. The van der Waals surface area contributed by atoms with Gasteiger partial charge >= 0.3 is 12.1 Å². The van der Waals surface area contributed by atoms with Gasteiger partial charge < -0.3 is 9.67 Å². The number of carboxylic acids is 1. The van der Waals surface area contributed by atoms with E-state index in [1.54, 1.807) is 0 Å². The predicted octanol–water partition coefficient (Wildman–Crippen LogP) is 1.07. The van der Waals surface area contributed by atoms with Crippen LogP contribution < -0.4 is 0 Å². The quantitative estimate of drug-likeness (QED) is 0.790. The molecule has 0 spiro atoms. The lowest BCUT2D eigenvalue weighted by Crippen LogP contribution is -2.14. The highest BCUT2D eigenvalue weighted by Crippen LogP contribution is 2.29. The molecule has 1 rings (SSSR count). The summed E-state index contributed by atoms with van der Waals surface area (Å²) in [6, 6.07) is 0. The van der Waals surface area contributed by atoms with Gasteiger partial charge in [0.1, 0.15) is 17.9 Å². The number of nitrogens with zero attached hydrogens (tertiary/aromatic N) is 2. The fourth-order valence-corrected chi connectivity index (χ4v) is 1.01. The first kappa shape index (κ1) is 10.6. The number of carboxylic acid groups (broad SMARTS) is 1. The molecule has 14 heavy (non-hydrogen) atoms. The van der Waals surface area contributed by atoms with Crippen LogP contribution in [0.1, 0.15) is 11.5 Å². The molecule has 0 bridgehead atoms. The second-order valence-electron chi connectivity index (χ2n) is 2.69. The van der Waals surface area contributed by atoms with Gasteiger partial charge in [0.25, 0.3) is 0 Å². The molecule has 1 heterocycles. The average Bonchev–Trinajstić information content (AvgIpc) is 2.30. The minimum Gasteiger partial charge on any atom is -0.481 e. The van der Waals surface area contributed by atoms with Crippen molar-refractivity contribution in [3.8, 4) is 0 Å². The number of alkyl halides is 3. The Labute approximate surface area is 77.0 Å². The van der Waals surface area contributed by atoms with Crippen LogP contribution in [-0.4, -0.2) is 20.6 Å². The van der Waals surface area contributed by atoms with E-state index < -0.39 is 24.3 Å². The Bertz CT molecular complexity index is 356. The van der Waals surface area contributed by atoms with Crippen LogP contribution in [0.5, 0.6) is 0 Å². The SMILES string of the molecule is Cn1c(C(F)(F)F)cnc1CC(=O)O. The zero-order chi connectivity index (χ0) is 10.9. The molecule has 0 amide bonds. The van der Waals surface area contributed by atoms with E-state index in [1.807, 2.05) is 0 Å². The number of hydrogen-bond acceptors (Lipinski definition) is 2. The molecule has 1 N–H and O–H groups in total. The van der Waals surface area contributed by atoms with E-state index in [2.05, 4.69) is 4.98 Å². The number of halogens is 3. The number of hydrogen-bond donors (Lipinski definition) is 1. The van der Waals surface area contributed by atoms with E-state index in [9.17, 15) is 18.0 Å². The normalized spacial score (nSPS) is 11.7. The van der Waals surface area contributed by atoms with Crippen molar-refractivity contribution in [2.24, 2.45) is 7.05 Å². The Kier molecular flexibility index (Phi) is 2.50. The number of imidazole rings is 1. The van der Waals surface area contributed by atoms with Crippen LogP contribution >= 0.6 is 0 Å². The molecule has 0 saturated heterocycles. The van der Waals surface area contributed by atoms with E-state index in [0.29, 0.717) is 6.20 Å². The van der Waals surface area contributed by atoms with Crippen molar-refractivity contribution in [1.29, 1.82) is 0 Å². The van der Waals surface area contributed by atoms with Crippen molar-refractivity contribution in [3.05, 3.63) is 17.7 Å². The third kappa shape index (κ3) is 2.04. The highest BCUT2D eigenvalue weighted by atomic mass is 19.4. The molecule has 0 radical (unpaired) electrons. The number of aliphatic carboxylic acids is 1. The van der Waals surface area contributed by atoms with Gasteiger partial charge in [-0.1, -0.05) is 0 Å². The lowest BCUT2D eigenvalue weighted by molar-refractivity contribution is -0.143. The lowest BCUT2D eigenvalue weighted by atomic mass is 10.4. The van der Waals surface area contributed by atoms with Gasteiger partial charge in [-0.15, -0.1) is 0 Å². The molecule has 0 fully saturated rings. The molecule has 78 valence electrons. The maximum absolute atomic E-state index is 12.2. The van der Waals surface area contributed by atoms with Gasteiger partial charge in [-0.05, 0) is 0 Å². The summed E-state index contributed by atoms with van der Waals surface area (Å²) in [7, 11) is 1.13. The fraction of sp³-hybridized carbons (Fsp3) is 0.429. The lowest BCUT2D eigenvalue weighted by Gasteiger charge is -2.07. The van der Waals surface area contributed by atoms with Crippen molar-refractivity contribution in [2.75, 3.05) is 0 Å². The first-order valence-electron chi connectivity index (χ1n) is 3.62. The molecule has 0 unspecified atom stereocenters. The highest BCUT2D eigenvalue weighted by Gasteiger charge is 2.35. The van der Waals surface area contributed by atoms with Crippen LogP contribution in [0.2, 0.25) is 0 Å². The summed E-state index contributed by atoms with van der Waals surface area (Å²) >= 11 is 0. The van der Waals surface area contributed by atoms with Crippen molar-refractivity contribution in [3.63, 3.8) is 0 Å². The van der Waals surface area contributed by atoms with Gasteiger partial charge in [0.15, 0.2) is 0 Å². The largest absolute Gasteiger partial charge is 0.481 e. The van der Waals surface area contributed by atoms with E-state index in [4.69, 9.17) is 5.11 Å². The molecule has 0 aromatic carbocycles. The standard InChI is InChI=1S/C7H7F3N2O2/c1-12-4(7(8,9)10)3-11-5(12)2-6(13)14/h3H,2H2,1H3,(H,13,14). The average molecular weight is 208 g/mol. The molecule has 1 aromatic rings. The van der Waals surface area contributed by atoms with Crippen LogP contribution in [0.3, 0.4) is 0 Å². The first-order chi connectivity index (χ1) is 6.32. The molecular weight excluding hydrogens is 201 g/mol. The number of rotatable bonds is 2. The predicted molar refractivity (Wildman–Crippen MR) is 39.5 cm³/mol. The molecule has 0 aliphatic rings. The summed E-state index contributed by atoms with van der Waals surface area (Å²) < 4.78 is 37.3. The Hall–Kier alpha value is -1.53. The maximum Gasteiger partial charge on any atom is 0.432 e. The third-order valence-corrected chi connectivity index (χ3v) is 1.68. The number of aromatic nitrogens is 2. The topological polar surface area (TPSA) is 55.1 Å². The summed E-state index contributed by atoms with van der Waals surface area (Å²) in [5, 5.41) is 8.37. The van der Waals surface area contributed by atoms with E-state index in [-0.39, 0.29) is 5.82 Å². The maximum atomic E-state index is 12.2. The molecule has 0 aliphatic carbocycles. The van der Waals surface area contributed by atoms with Gasteiger partial charge in [-0.2, -0.15) is 13.2 Å². The Morgan fingerprint density at radius 3 is 2.57 bits per heavy atom. The third-order valence-electron chi connectivity index (χ3n) is 1.68. The Morgan fingerprint density at radius 1 is 1.64 bits per heavy atom.